The Morgan fingerprint density at radius 3 is 2.86 bits per heavy atom. The van der Waals surface area contributed by atoms with Crippen molar-refractivity contribution in [1.29, 1.82) is 0 Å². The molecule has 0 fully saturated rings. The Balaban J connectivity index is 1.77. The first-order valence-electron chi connectivity index (χ1n) is 9.69. The molecule has 1 atom stereocenters. The molecular weight excluding hydrogens is 352 g/mol. The van der Waals surface area contributed by atoms with E-state index >= 15 is 0 Å². The maximum absolute atomic E-state index is 11.7. The lowest BCUT2D eigenvalue weighted by atomic mass is 9.88. The van der Waals surface area contributed by atoms with Gasteiger partial charge in [-0.05, 0) is 67.6 Å². The maximum atomic E-state index is 11.7. The highest BCUT2D eigenvalue weighted by molar-refractivity contribution is 5.84. The van der Waals surface area contributed by atoms with E-state index in [0.717, 1.165) is 35.4 Å². The molecule has 0 aliphatic carbocycles. The average Bonchev–Trinajstić information content (AvgIpc) is 3.10. The minimum absolute atomic E-state index is 0.0779. The fraction of sp³-hybridized carbons (Fsp3) is 0.348. The van der Waals surface area contributed by atoms with Crippen LogP contribution in [-0.2, 0) is 17.6 Å². The molecule has 2 aromatic carbocycles. The smallest absolute Gasteiger partial charge is 0.312 e. The van der Waals surface area contributed by atoms with Crippen LogP contribution < -0.4 is 9.47 Å². The van der Waals surface area contributed by atoms with Crippen molar-refractivity contribution >= 4 is 17.3 Å². The number of carbonyl (C=O) groups excluding carboxylic acids is 1. The van der Waals surface area contributed by atoms with E-state index in [4.69, 9.17) is 9.47 Å². The highest BCUT2D eigenvalue weighted by Gasteiger charge is 2.29. The number of methoxy groups -OCH3 is 1. The largest absolute Gasteiger partial charge is 0.493 e. The van der Waals surface area contributed by atoms with E-state index in [1.807, 2.05) is 19.2 Å². The number of nitrogens with one attached hydrogen (secondary N) is 1. The Morgan fingerprint density at radius 2 is 2.11 bits per heavy atom. The van der Waals surface area contributed by atoms with Crippen LogP contribution in [0, 0.1) is 6.92 Å². The number of hydrogen-bond donors (Lipinski definition) is 1. The van der Waals surface area contributed by atoms with Crippen LogP contribution in [0.25, 0.3) is 10.9 Å². The van der Waals surface area contributed by atoms with Crippen LogP contribution >= 0.6 is 0 Å². The van der Waals surface area contributed by atoms with Crippen molar-refractivity contribution in [1.82, 2.24) is 9.88 Å². The molecule has 0 spiro atoms. The average molecular weight is 377 g/mol. The van der Waals surface area contributed by atoms with Gasteiger partial charge in [-0.1, -0.05) is 11.6 Å². The van der Waals surface area contributed by atoms with Crippen LogP contribution in [0.4, 0.5) is 0 Å². The van der Waals surface area contributed by atoms with Gasteiger partial charge in [-0.25, -0.2) is 0 Å². The zero-order valence-corrected chi connectivity index (χ0v) is 16.5. The van der Waals surface area contributed by atoms with Crippen molar-refractivity contribution in [3.05, 3.63) is 58.8 Å². The van der Waals surface area contributed by atoms with Gasteiger partial charge in [0.2, 0.25) is 0 Å². The molecule has 0 saturated heterocycles. The van der Waals surface area contributed by atoms with Crippen LogP contribution in [0.5, 0.6) is 11.5 Å². The van der Waals surface area contributed by atoms with Crippen molar-refractivity contribution in [3.8, 4) is 11.5 Å². The molecule has 1 aromatic heterocycles. The van der Waals surface area contributed by atoms with E-state index in [0.29, 0.717) is 13.2 Å². The summed E-state index contributed by atoms with van der Waals surface area (Å²) in [5.74, 6) is 1.46. The first-order chi connectivity index (χ1) is 13.6. The lowest BCUT2D eigenvalue weighted by molar-refractivity contribution is 0.274. The lowest BCUT2D eigenvalue weighted by Crippen LogP contribution is -2.35. The molecule has 2 heterocycles. The second kappa shape index (κ2) is 7.58. The summed E-state index contributed by atoms with van der Waals surface area (Å²) < 4.78 is 11.3. The van der Waals surface area contributed by atoms with Crippen molar-refractivity contribution in [2.24, 2.45) is 0 Å². The molecule has 1 radical (unpaired) electrons. The highest BCUT2D eigenvalue weighted by Crippen LogP contribution is 2.39. The predicted octanol–water partition coefficient (Wildman–Crippen LogP) is 4.09. The summed E-state index contributed by atoms with van der Waals surface area (Å²) in [4.78, 5) is 16.8. The minimum Gasteiger partial charge on any atom is -0.493 e. The number of fused-ring (bicyclic) bond motifs is 2. The monoisotopic (exact) mass is 377 g/mol. The van der Waals surface area contributed by atoms with Crippen molar-refractivity contribution in [2.75, 3.05) is 20.3 Å². The highest BCUT2D eigenvalue weighted by atomic mass is 16.5. The summed E-state index contributed by atoms with van der Waals surface area (Å²) >= 11 is 0. The van der Waals surface area contributed by atoms with Crippen molar-refractivity contribution in [3.63, 3.8) is 0 Å². The van der Waals surface area contributed by atoms with Crippen LogP contribution in [0.15, 0.2) is 36.5 Å². The Hall–Kier alpha value is -2.95. The van der Waals surface area contributed by atoms with E-state index in [1.165, 1.54) is 22.1 Å². The number of amides is 1. The molecule has 145 valence electrons. The van der Waals surface area contributed by atoms with Gasteiger partial charge in [0.15, 0.2) is 11.5 Å². The molecule has 1 N–H and O–H groups in total. The number of ether oxygens (including phenoxy) is 2. The van der Waals surface area contributed by atoms with E-state index < -0.39 is 0 Å². The molecular formula is C23H25N2O3. The van der Waals surface area contributed by atoms with Gasteiger partial charge >= 0.3 is 6.41 Å². The van der Waals surface area contributed by atoms with E-state index in [-0.39, 0.29) is 6.04 Å². The first kappa shape index (κ1) is 18.4. The van der Waals surface area contributed by atoms with Gasteiger partial charge in [-0.3, -0.25) is 4.79 Å². The molecule has 1 aliphatic rings. The molecule has 1 amide bonds. The van der Waals surface area contributed by atoms with Crippen molar-refractivity contribution < 1.29 is 14.3 Å². The van der Waals surface area contributed by atoms with Gasteiger partial charge in [-0.15, -0.1) is 0 Å². The Bertz CT molecular complexity index is 1010. The van der Waals surface area contributed by atoms with Crippen LogP contribution in [0.1, 0.15) is 35.2 Å². The van der Waals surface area contributed by atoms with Crippen LogP contribution in [0.3, 0.4) is 0 Å². The summed E-state index contributed by atoms with van der Waals surface area (Å²) in [6.45, 7) is 5.26. The van der Waals surface area contributed by atoms with Gasteiger partial charge in [-0.2, -0.15) is 0 Å². The number of rotatable bonds is 6. The van der Waals surface area contributed by atoms with Gasteiger partial charge in [0, 0.05) is 23.6 Å². The first-order valence-corrected chi connectivity index (χ1v) is 9.69. The molecule has 28 heavy (non-hydrogen) atoms. The maximum Gasteiger partial charge on any atom is 0.312 e. The summed E-state index contributed by atoms with van der Waals surface area (Å²) in [7, 11) is 1.66. The minimum atomic E-state index is -0.0779. The third-order valence-corrected chi connectivity index (χ3v) is 5.54. The van der Waals surface area contributed by atoms with E-state index in [9.17, 15) is 4.79 Å². The summed E-state index contributed by atoms with van der Waals surface area (Å²) in [6, 6.07) is 10.4. The molecule has 4 rings (SSSR count). The zero-order valence-electron chi connectivity index (χ0n) is 16.5. The van der Waals surface area contributed by atoms with Crippen LogP contribution in [0.2, 0.25) is 0 Å². The number of aromatic amines is 1. The predicted molar refractivity (Wildman–Crippen MR) is 110 cm³/mol. The van der Waals surface area contributed by atoms with Crippen molar-refractivity contribution in [2.45, 2.75) is 32.7 Å². The Kier molecular flexibility index (Phi) is 4.99. The zero-order chi connectivity index (χ0) is 19.7. The van der Waals surface area contributed by atoms with Gasteiger partial charge in [0.25, 0.3) is 0 Å². The van der Waals surface area contributed by atoms with E-state index in [2.05, 4.69) is 42.6 Å². The second-order valence-corrected chi connectivity index (χ2v) is 7.25. The van der Waals surface area contributed by atoms with Gasteiger partial charge in [0.1, 0.15) is 0 Å². The van der Waals surface area contributed by atoms with Crippen LogP contribution in [-0.4, -0.2) is 36.6 Å². The standard InChI is InChI=1S/C23H25N2O3/c1-4-28-23-12-19-16(11-22(23)27-3)7-8-25(14-26)21(19)10-17-13-24-20-6-5-15(2)9-18(17)20/h5-6,9,11-13,21,24H,4,7-8,10H2,1-3H3/t21-/m0/s1. The molecule has 0 bridgehead atoms. The quantitative estimate of drug-likeness (QED) is 0.704. The number of nitrogens with zero attached hydrogens (tertiary/aromatic N) is 1. The molecule has 5 heteroatoms. The SMILES string of the molecule is CCOc1cc2c(cc1OC)CCN([C]=O)[C@H]2Cc1c[nH]c2ccc(C)cc12. The number of benzene rings is 2. The third kappa shape index (κ3) is 3.21. The number of aryl methyl sites for hydroxylation is 1. The molecule has 5 nitrogen and oxygen atoms in total. The van der Waals surface area contributed by atoms with E-state index in [1.54, 1.807) is 12.0 Å². The number of hydrogen-bond acceptors (Lipinski definition) is 3. The second-order valence-electron chi connectivity index (χ2n) is 7.25. The van der Waals surface area contributed by atoms with Gasteiger partial charge in [0.05, 0.1) is 19.8 Å². The topological polar surface area (TPSA) is 54.6 Å². The van der Waals surface area contributed by atoms with Gasteiger partial charge < -0.3 is 19.4 Å². The summed E-state index contributed by atoms with van der Waals surface area (Å²) in [5, 5.41) is 1.21. The molecule has 0 unspecified atom stereocenters. The fourth-order valence-corrected chi connectivity index (χ4v) is 4.14. The normalized spacial score (nSPS) is 16.1. The Labute approximate surface area is 165 Å². The molecule has 1 aliphatic heterocycles. The third-order valence-electron chi connectivity index (χ3n) is 5.54. The lowest BCUT2D eigenvalue weighted by Gasteiger charge is -2.34. The number of aromatic nitrogens is 1. The Morgan fingerprint density at radius 1 is 1.25 bits per heavy atom. The molecule has 3 aromatic rings. The molecule has 0 saturated carbocycles. The fourth-order valence-electron chi connectivity index (χ4n) is 4.14. The number of H-pyrrole nitrogens is 1. The summed E-state index contributed by atoms with van der Waals surface area (Å²) in [5.41, 5.74) is 5.85. The summed E-state index contributed by atoms with van der Waals surface area (Å²) in [6.07, 6.45) is 5.71.